The molecule has 4 atom stereocenters. The third-order valence-electron chi connectivity index (χ3n) is 6.44. The summed E-state index contributed by atoms with van der Waals surface area (Å²) in [7, 11) is 0. The Balaban J connectivity index is 1.83. The van der Waals surface area contributed by atoms with E-state index < -0.39 is 60.2 Å². The highest BCUT2D eigenvalue weighted by molar-refractivity contribution is 7.80. The fraction of sp³-hybridized carbons (Fsp3) is 0.321. The zero-order chi connectivity index (χ0) is 29.9. The molecule has 12 nitrogen and oxygen atoms in total. The normalized spacial score (nSPS) is 13.9. The van der Waals surface area contributed by atoms with Crippen molar-refractivity contribution in [1.29, 1.82) is 0 Å². The van der Waals surface area contributed by atoms with E-state index in [0.29, 0.717) is 5.56 Å². The van der Waals surface area contributed by atoms with E-state index in [2.05, 4.69) is 33.6 Å². The molecule has 0 fully saturated rings. The molecule has 0 saturated carbocycles. The average Bonchev–Trinajstić information content (AvgIpc) is 3.36. The van der Waals surface area contributed by atoms with Gasteiger partial charge in [-0.05, 0) is 30.0 Å². The standard InChI is InChI=1S/C28H33N5O7S/c29-19(12-16-6-2-1-3-7-16)25(36)32-22(13-17-14-30-20-9-5-4-8-18(17)20)27(38)31-21(10-11-24(34)35)26(37)33-23(15-41)28(39)40/h1-9,14,19,21-23,30,41H,10-13,15,29H2,(H,31,38)(H,32,36)(H,33,37)(H,34,35)(H,39,40). The quantitative estimate of drug-likeness (QED) is 0.119. The number of hydrogen-bond donors (Lipinski definition) is 8. The van der Waals surface area contributed by atoms with Crippen LogP contribution in [0.4, 0.5) is 0 Å². The maximum absolute atomic E-state index is 13.5. The fourth-order valence-corrected chi connectivity index (χ4v) is 4.48. The number of carbonyl (C=O) groups is 5. The molecule has 0 spiro atoms. The largest absolute Gasteiger partial charge is 0.481 e. The molecule has 0 radical (unpaired) electrons. The summed E-state index contributed by atoms with van der Waals surface area (Å²) in [5.74, 6) is -5.02. The van der Waals surface area contributed by atoms with Crippen molar-refractivity contribution in [2.24, 2.45) is 5.73 Å². The van der Waals surface area contributed by atoms with E-state index in [0.717, 1.165) is 16.5 Å². The Labute approximate surface area is 241 Å². The van der Waals surface area contributed by atoms with Crippen LogP contribution in [-0.2, 0) is 36.8 Å². The Kier molecular flexibility index (Phi) is 11.3. The summed E-state index contributed by atoms with van der Waals surface area (Å²) in [5.41, 5.74) is 8.51. The van der Waals surface area contributed by atoms with Gasteiger partial charge in [0.25, 0.3) is 0 Å². The lowest BCUT2D eigenvalue weighted by Gasteiger charge is -2.25. The first-order valence-corrected chi connectivity index (χ1v) is 13.5. The molecule has 218 valence electrons. The summed E-state index contributed by atoms with van der Waals surface area (Å²) in [6, 6.07) is 11.6. The lowest BCUT2D eigenvalue weighted by Crippen LogP contribution is -2.58. The molecule has 0 bridgehead atoms. The number of aromatic amines is 1. The van der Waals surface area contributed by atoms with Gasteiger partial charge in [0, 0.05) is 35.7 Å². The number of aromatic nitrogens is 1. The van der Waals surface area contributed by atoms with Gasteiger partial charge in [0.15, 0.2) is 0 Å². The van der Waals surface area contributed by atoms with Gasteiger partial charge in [0.2, 0.25) is 17.7 Å². The molecule has 0 aliphatic rings. The molecule has 1 heterocycles. The number of carboxylic acids is 2. The van der Waals surface area contributed by atoms with E-state index in [-0.39, 0.29) is 25.0 Å². The van der Waals surface area contributed by atoms with Gasteiger partial charge in [-0.15, -0.1) is 0 Å². The second kappa shape index (κ2) is 14.9. The third kappa shape index (κ3) is 9.08. The van der Waals surface area contributed by atoms with E-state index >= 15 is 0 Å². The summed E-state index contributed by atoms with van der Waals surface area (Å²) < 4.78 is 0. The van der Waals surface area contributed by atoms with E-state index in [1.54, 1.807) is 6.20 Å². The van der Waals surface area contributed by atoms with Crippen molar-refractivity contribution in [3.63, 3.8) is 0 Å². The van der Waals surface area contributed by atoms with Crippen molar-refractivity contribution in [2.45, 2.75) is 49.9 Å². The second-order valence-electron chi connectivity index (χ2n) is 9.50. The molecule has 0 aliphatic carbocycles. The molecular formula is C28H33N5O7S. The molecule has 3 rings (SSSR count). The number of aliphatic carboxylic acids is 2. The zero-order valence-electron chi connectivity index (χ0n) is 22.1. The number of para-hydroxylation sites is 1. The van der Waals surface area contributed by atoms with Gasteiger partial charge in [0.05, 0.1) is 6.04 Å². The summed E-state index contributed by atoms with van der Waals surface area (Å²) in [6.45, 7) is 0. The number of benzene rings is 2. The van der Waals surface area contributed by atoms with Gasteiger partial charge in [-0.3, -0.25) is 19.2 Å². The van der Waals surface area contributed by atoms with Crippen LogP contribution in [0.25, 0.3) is 10.9 Å². The van der Waals surface area contributed by atoms with Crippen molar-refractivity contribution in [3.8, 4) is 0 Å². The van der Waals surface area contributed by atoms with Crippen molar-refractivity contribution in [2.75, 3.05) is 5.75 Å². The van der Waals surface area contributed by atoms with Crippen LogP contribution >= 0.6 is 12.6 Å². The number of rotatable bonds is 15. The smallest absolute Gasteiger partial charge is 0.327 e. The van der Waals surface area contributed by atoms with Crippen LogP contribution in [0, 0.1) is 0 Å². The number of carbonyl (C=O) groups excluding carboxylic acids is 3. The van der Waals surface area contributed by atoms with Crippen LogP contribution in [0.5, 0.6) is 0 Å². The topological polar surface area (TPSA) is 204 Å². The number of hydrogen-bond acceptors (Lipinski definition) is 7. The van der Waals surface area contributed by atoms with Gasteiger partial charge in [-0.2, -0.15) is 12.6 Å². The van der Waals surface area contributed by atoms with Crippen LogP contribution in [0.3, 0.4) is 0 Å². The van der Waals surface area contributed by atoms with E-state index in [9.17, 15) is 29.1 Å². The van der Waals surface area contributed by atoms with E-state index in [1.165, 1.54) is 0 Å². The lowest BCUT2D eigenvalue weighted by atomic mass is 10.0. The molecule has 41 heavy (non-hydrogen) atoms. The Morgan fingerprint density at radius 1 is 0.805 bits per heavy atom. The minimum absolute atomic E-state index is 0.0291. The summed E-state index contributed by atoms with van der Waals surface area (Å²) in [6.07, 6.45) is 1.17. The van der Waals surface area contributed by atoms with Crippen molar-refractivity contribution < 1.29 is 34.2 Å². The average molecular weight is 584 g/mol. The van der Waals surface area contributed by atoms with Gasteiger partial charge in [0.1, 0.15) is 18.1 Å². The maximum atomic E-state index is 13.5. The molecular weight excluding hydrogens is 550 g/mol. The minimum atomic E-state index is -1.39. The molecule has 8 N–H and O–H groups in total. The van der Waals surface area contributed by atoms with Crippen LogP contribution in [-0.4, -0.2) is 74.8 Å². The Morgan fingerprint density at radius 3 is 2.07 bits per heavy atom. The van der Waals surface area contributed by atoms with Crippen molar-refractivity contribution in [1.82, 2.24) is 20.9 Å². The highest BCUT2D eigenvalue weighted by Crippen LogP contribution is 2.19. The predicted molar refractivity (Wildman–Crippen MR) is 154 cm³/mol. The molecule has 1 aromatic heterocycles. The van der Waals surface area contributed by atoms with Crippen LogP contribution < -0.4 is 21.7 Å². The Hall–Kier alpha value is -4.36. The molecule has 4 unspecified atom stereocenters. The van der Waals surface area contributed by atoms with Crippen LogP contribution in [0.1, 0.15) is 24.0 Å². The summed E-state index contributed by atoms with van der Waals surface area (Å²) in [4.78, 5) is 65.2. The van der Waals surface area contributed by atoms with E-state index in [1.807, 2.05) is 54.6 Å². The number of thiol groups is 1. The third-order valence-corrected chi connectivity index (χ3v) is 6.81. The first-order valence-electron chi connectivity index (χ1n) is 12.9. The van der Waals surface area contributed by atoms with Gasteiger partial charge >= 0.3 is 11.9 Å². The lowest BCUT2D eigenvalue weighted by molar-refractivity contribution is -0.142. The zero-order valence-corrected chi connectivity index (χ0v) is 23.0. The number of nitrogens with one attached hydrogen (secondary N) is 4. The SMILES string of the molecule is NC(Cc1ccccc1)C(=O)NC(Cc1c[nH]c2ccccc12)C(=O)NC(CCC(=O)O)C(=O)NC(CS)C(=O)O. The first kappa shape index (κ1) is 31.2. The first-order chi connectivity index (χ1) is 19.6. The molecule has 2 aromatic carbocycles. The summed E-state index contributed by atoms with van der Waals surface area (Å²) >= 11 is 3.92. The highest BCUT2D eigenvalue weighted by Gasteiger charge is 2.31. The highest BCUT2D eigenvalue weighted by atomic mass is 32.1. The van der Waals surface area contributed by atoms with Crippen molar-refractivity contribution in [3.05, 3.63) is 71.9 Å². The minimum Gasteiger partial charge on any atom is -0.481 e. The Bertz CT molecular complexity index is 1380. The van der Waals surface area contributed by atoms with Crippen LogP contribution in [0.15, 0.2) is 60.8 Å². The number of H-pyrrole nitrogens is 1. The fourth-order valence-electron chi connectivity index (χ4n) is 4.24. The van der Waals surface area contributed by atoms with E-state index in [4.69, 9.17) is 10.8 Å². The van der Waals surface area contributed by atoms with Crippen LogP contribution in [0.2, 0.25) is 0 Å². The molecule has 0 saturated heterocycles. The number of fused-ring (bicyclic) bond motifs is 1. The Morgan fingerprint density at radius 2 is 1.41 bits per heavy atom. The number of nitrogens with two attached hydrogens (primary N) is 1. The molecule has 3 aromatic rings. The van der Waals surface area contributed by atoms with Gasteiger partial charge < -0.3 is 36.9 Å². The van der Waals surface area contributed by atoms with Crippen molar-refractivity contribution >= 4 is 53.2 Å². The van der Waals surface area contributed by atoms with Gasteiger partial charge in [-0.25, -0.2) is 4.79 Å². The monoisotopic (exact) mass is 583 g/mol. The maximum Gasteiger partial charge on any atom is 0.327 e. The molecule has 0 aliphatic heterocycles. The predicted octanol–water partition coefficient (Wildman–Crippen LogP) is 0.614. The molecule has 13 heteroatoms. The number of carboxylic acid groups (broad SMARTS) is 2. The molecule has 3 amide bonds. The second-order valence-corrected chi connectivity index (χ2v) is 9.86. The number of amides is 3. The summed E-state index contributed by atoms with van der Waals surface area (Å²) in [5, 5.41) is 26.7. The van der Waals surface area contributed by atoms with Gasteiger partial charge in [-0.1, -0.05) is 48.5 Å².